The molecule has 0 aromatic rings. The minimum absolute atomic E-state index is 0.281. The SMILES string of the molecule is C[N+](C)(C)CCO.NNC(=O)/C=C\C(=O)NN. The second-order valence-corrected chi connectivity index (χ2v) is 4.09. The van der Waals surface area contributed by atoms with Gasteiger partial charge in [-0.1, -0.05) is 0 Å². The molecule has 100 valence electrons. The van der Waals surface area contributed by atoms with Gasteiger partial charge in [0.2, 0.25) is 0 Å². The van der Waals surface area contributed by atoms with Crippen molar-refractivity contribution in [3.8, 4) is 0 Å². The van der Waals surface area contributed by atoms with Crippen LogP contribution in [0.25, 0.3) is 0 Å². The molecular weight excluding hydrogens is 226 g/mol. The van der Waals surface area contributed by atoms with Crippen molar-refractivity contribution in [1.29, 1.82) is 0 Å². The molecule has 0 radical (unpaired) electrons. The van der Waals surface area contributed by atoms with Crippen LogP contribution in [0, 0.1) is 0 Å². The van der Waals surface area contributed by atoms with Crippen molar-refractivity contribution in [2.45, 2.75) is 0 Å². The molecule has 0 aromatic carbocycles. The van der Waals surface area contributed by atoms with Gasteiger partial charge in [-0.3, -0.25) is 20.4 Å². The average molecular weight is 248 g/mol. The Hall–Kier alpha value is -1.48. The molecule has 0 aliphatic carbocycles. The second kappa shape index (κ2) is 9.73. The normalized spacial score (nSPS) is 10.5. The fraction of sp³-hybridized carbons (Fsp3) is 0.556. The van der Waals surface area contributed by atoms with Gasteiger partial charge < -0.3 is 9.59 Å². The van der Waals surface area contributed by atoms with Gasteiger partial charge in [-0.05, 0) is 0 Å². The first-order valence-corrected chi connectivity index (χ1v) is 4.87. The smallest absolute Gasteiger partial charge is 0.258 e. The Morgan fingerprint density at radius 1 is 1.12 bits per heavy atom. The van der Waals surface area contributed by atoms with Gasteiger partial charge >= 0.3 is 0 Å². The van der Waals surface area contributed by atoms with E-state index < -0.39 is 11.8 Å². The first-order valence-electron chi connectivity index (χ1n) is 4.87. The lowest BCUT2D eigenvalue weighted by Crippen LogP contribution is -2.36. The summed E-state index contributed by atoms with van der Waals surface area (Å²) in [6, 6.07) is 0. The molecule has 0 unspecified atom stereocenters. The first kappa shape index (κ1) is 17.9. The number of carbonyl (C=O) groups excluding carboxylic acids is 2. The first-order chi connectivity index (χ1) is 7.76. The van der Waals surface area contributed by atoms with Gasteiger partial charge in [-0.2, -0.15) is 0 Å². The lowest BCUT2D eigenvalue weighted by atomic mass is 10.4. The predicted octanol–water partition coefficient (Wildman–Crippen LogP) is -2.79. The lowest BCUT2D eigenvalue weighted by molar-refractivity contribution is -0.870. The van der Waals surface area contributed by atoms with Crippen LogP contribution in [0.5, 0.6) is 0 Å². The van der Waals surface area contributed by atoms with Crippen LogP contribution in [0.4, 0.5) is 0 Å². The van der Waals surface area contributed by atoms with E-state index in [1.165, 1.54) is 0 Å². The number of amides is 2. The van der Waals surface area contributed by atoms with Gasteiger partial charge in [0, 0.05) is 12.2 Å². The van der Waals surface area contributed by atoms with Crippen LogP contribution in [0.2, 0.25) is 0 Å². The molecule has 2 amide bonds. The summed E-state index contributed by atoms with van der Waals surface area (Å²) >= 11 is 0. The fourth-order valence-electron chi connectivity index (χ4n) is 0.548. The molecule has 0 saturated carbocycles. The van der Waals surface area contributed by atoms with E-state index >= 15 is 0 Å². The summed E-state index contributed by atoms with van der Waals surface area (Å²) in [4.78, 5) is 20.6. The number of aliphatic hydroxyl groups excluding tert-OH is 1. The third-order valence-electron chi connectivity index (χ3n) is 1.44. The van der Waals surface area contributed by atoms with Crippen molar-refractivity contribution in [1.82, 2.24) is 10.9 Å². The molecule has 0 aromatic heterocycles. The van der Waals surface area contributed by atoms with E-state index in [1.807, 2.05) is 0 Å². The van der Waals surface area contributed by atoms with E-state index in [2.05, 4.69) is 32.8 Å². The predicted molar refractivity (Wildman–Crippen MR) is 63.8 cm³/mol. The Morgan fingerprint density at radius 3 is 1.59 bits per heavy atom. The van der Waals surface area contributed by atoms with Gasteiger partial charge in [0.15, 0.2) is 0 Å². The monoisotopic (exact) mass is 248 g/mol. The molecule has 0 spiro atoms. The van der Waals surface area contributed by atoms with Crippen molar-refractivity contribution < 1.29 is 19.2 Å². The van der Waals surface area contributed by atoms with Crippen LogP contribution < -0.4 is 22.5 Å². The quantitative estimate of drug-likeness (QED) is 0.121. The fourth-order valence-corrected chi connectivity index (χ4v) is 0.548. The summed E-state index contributed by atoms with van der Waals surface area (Å²) < 4.78 is 0.844. The Balaban J connectivity index is 0. The molecular formula is C9H22N5O3+. The van der Waals surface area contributed by atoms with Crippen molar-refractivity contribution in [2.24, 2.45) is 11.7 Å². The number of hydrogen-bond acceptors (Lipinski definition) is 5. The van der Waals surface area contributed by atoms with Gasteiger partial charge in [-0.25, -0.2) is 11.7 Å². The zero-order valence-electron chi connectivity index (χ0n) is 10.4. The van der Waals surface area contributed by atoms with Gasteiger partial charge in [-0.15, -0.1) is 0 Å². The molecule has 7 N–H and O–H groups in total. The summed E-state index contributed by atoms with van der Waals surface area (Å²) in [5.74, 6) is 8.24. The molecule has 8 nitrogen and oxygen atoms in total. The molecule has 0 atom stereocenters. The van der Waals surface area contributed by atoms with E-state index in [1.54, 1.807) is 10.9 Å². The highest BCUT2D eigenvalue weighted by atomic mass is 16.3. The number of quaternary nitrogens is 1. The zero-order valence-corrected chi connectivity index (χ0v) is 10.4. The minimum Gasteiger partial charge on any atom is -0.391 e. The van der Waals surface area contributed by atoms with E-state index in [9.17, 15) is 9.59 Å². The van der Waals surface area contributed by atoms with E-state index in [-0.39, 0.29) is 6.61 Å². The Kier molecular flexibility index (Phi) is 10.2. The Bertz CT molecular complexity index is 242. The van der Waals surface area contributed by atoms with Gasteiger partial charge in [0.25, 0.3) is 11.8 Å². The molecule has 0 rings (SSSR count). The number of rotatable bonds is 4. The van der Waals surface area contributed by atoms with E-state index in [4.69, 9.17) is 5.11 Å². The number of hydrogen-bond donors (Lipinski definition) is 5. The third kappa shape index (κ3) is 17.2. The summed E-state index contributed by atoms with van der Waals surface area (Å²) in [5.41, 5.74) is 3.60. The Morgan fingerprint density at radius 2 is 1.47 bits per heavy atom. The number of likely N-dealkylation sites (N-methyl/N-ethyl adjacent to an activating group) is 1. The second-order valence-electron chi connectivity index (χ2n) is 4.09. The molecule has 17 heavy (non-hydrogen) atoms. The van der Waals surface area contributed by atoms with Crippen molar-refractivity contribution in [2.75, 3.05) is 34.3 Å². The van der Waals surface area contributed by atoms with Crippen molar-refractivity contribution in [3.63, 3.8) is 0 Å². The number of nitrogens with two attached hydrogens (primary N) is 2. The van der Waals surface area contributed by atoms with E-state index in [0.717, 1.165) is 23.2 Å². The van der Waals surface area contributed by atoms with Gasteiger partial charge in [0.1, 0.15) is 6.54 Å². The third-order valence-corrected chi connectivity index (χ3v) is 1.44. The van der Waals surface area contributed by atoms with Crippen LogP contribution in [-0.4, -0.2) is 55.7 Å². The maximum Gasteiger partial charge on any atom is 0.258 e. The highest BCUT2D eigenvalue weighted by Crippen LogP contribution is 1.84. The van der Waals surface area contributed by atoms with E-state index in [0.29, 0.717) is 0 Å². The summed E-state index contributed by atoms with van der Waals surface area (Å²) in [6.45, 7) is 1.11. The molecule has 0 heterocycles. The molecule has 0 aliphatic heterocycles. The average Bonchev–Trinajstić information content (AvgIpc) is 2.24. The number of nitrogens with one attached hydrogen (secondary N) is 2. The van der Waals surface area contributed by atoms with Crippen LogP contribution in [-0.2, 0) is 9.59 Å². The highest BCUT2D eigenvalue weighted by Gasteiger charge is 2.02. The molecule has 0 fully saturated rings. The number of carbonyl (C=O) groups is 2. The molecule has 8 heteroatoms. The van der Waals surface area contributed by atoms with Crippen molar-refractivity contribution >= 4 is 11.8 Å². The number of nitrogens with zero attached hydrogens (tertiary/aromatic N) is 1. The highest BCUT2D eigenvalue weighted by molar-refractivity contribution is 5.96. The maximum atomic E-state index is 10.3. The lowest BCUT2D eigenvalue weighted by Gasteiger charge is -2.21. The topological polar surface area (TPSA) is 130 Å². The van der Waals surface area contributed by atoms with Crippen LogP contribution in [0.1, 0.15) is 0 Å². The maximum absolute atomic E-state index is 10.3. The molecule has 0 bridgehead atoms. The molecule has 0 saturated heterocycles. The summed E-state index contributed by atoms with van der Waals surface area (Å²) in [5, 5.41) is 8.39. The summed E-state index contributed by atoms with van der Waals surface area (Å²) in [7, 11) is 6.16. The number of aliphatic hydroxyl groups is 1. The van der Waals surface area contributed by atoms with Gasteiger partial charge in [0.05, 0.1) is 27.7 Å². The van der Waals surface area contributed by atoms with Crippen LogP contribution in [0.15, 0.2) is 12.2 Å². The standard InChI is InChI=1S/C5H14NO.C4H8N4O2/c1-6(2,3)4-5-7;5-7-3(9)1-2-4(10)8-6/h7H,4-5H2,1-3H3;1-2H,5-6H2,(H,7,9)(H,8,10)/q+1;/b;2-1-. The van der Waals surface area contributed by atoms with Crippen molar-refractivity contribution in [3.05, 3.63) is 12.2 Å². The molecule has 0 aliphatic rings. The van der Waals surface area contributed by atoms with Crippen LogP contribution >= 0.6 is 0 Å². The zero-order chi connectivity index (χ0) is 13.9. The number of hydrazine groups is 2. The summed E-state index contributed by atoms with van der Waals surface area (Å²) in [6.07, 6.45) is 1.92. The largest absolute Gasteiger partial charge is 0.391 e. The Labute approximate surface area is 101 Å². The van der Waals surface area contributed by atoms with Crippen LogP contribution in [0.3, 0.4) is 0 Å². The minimum atomic E-state index is -0.566.